The van der Waals surface area contributed by atoms with E-state index in [2.05, 4.69) is 37.3 Å². The van der Waals surface area contributed by atoms with Crippen LogP contribution >= 0.6 is 11.6 Å². The highest BCUT2D eigenvalue weighted by molar-refractivity contribution is 6.31. The van der Waals surface area contributed by atoms with Crippen molar-refractivity contribution in [2.45, 2.75) is 77.0 Å². The third-order valence-corrected chi connectivity index (χ3v) is 12.8. The van der Waals surface area contributed by atoms with Gasteiger partial charge < -0.3 is 30.7 Å². The van der Waals surface area contributed by atoms with Crippen LogP contribution in [0.5, 0.6) is 5.75 Å². The zero-order chi connectivity index (χ0) is 44.1. The Hall–Kier alpha value is -6.37. The first-order valence-corrected chi connectivity index (χ1v) is 21.9. The van der Waals surface area contributed by atoms with Crippen molar-refractivity contribution in [1.82, 2.24) is 29.9 Å². The Balaban J connectivity index is 0.000000286. The van der Waals surface area contributed by atoms with Gasteiger partial charge in [-0.05, 0) is 74.2 Å². The van der Waals surface area contributed by atoms with Crippen LogP contribution in [0.4, 0.5) is 5.82 Å². The average molecular weight is 870 g/mol. The topological polar surface area (TPSA) is 204 Å². The van der Waals surface area contributed by atoms with Gasteiger partial charge in [0.1, 0.15) is 11.8 Å². The summed E-state index contributed by atoms with van der Waals surface area (Å²) >= 11 is 5.94. The fourth-order valence-corrected chi connectivity index (χ4v) is 9.25. The molecule has 16 heteroatoms. The number of carbonyl (C=O) groups excluding carboxylic acids is 2. The highest BCUT2D eigenvalue weighted by Gasteiger charge is 2.53. The molecule has 2 aliphatic carbocycles. The number of ether oxygens (including phenoxy) is 2. The standard InChI is InChI=1S/C34H38N10O3.C13H14ClNO/c1-21(45)42-9-8-28(37-2)27(18-42)32(35)25-5-3-4-22-12-30(38-16-26(22)25)23-15-39-44(17-23)10-11-47-24-13-34(14-24)19-43(20-34)31-7-6-29(33(36)46)40-41-31;14-13-8-12(7-6-10(13)9-15)16-11-4-2-1-3-5-11/h3-7,12,15-17,24H,8-11,13-14,18-20,35H2,1-2H3,(H2,36,46);6-8,11H,1-5H2/b32-27-,37-28?;. The normalized spacial score (nSPS) is 18.9. The van der Waals surface area contributed by atoms with Gasteiger partial charge in [-0.15, -0.1) is 10.2 Å². The quantitative estimate of drug-likeness (QED) is 0.153. The predicted molar refractivity (Wildman–Crippen MR) is 242 cm³/mol. The number of halogens is 1. The number of aromatic nitrogens is 5. The Morgan fingerprint density at radius 1 is 1.02 bits per heavy atom. The second-order valence-electron chi connectivity index (χ2n) is 16.9. The van der Waals surface area contributed by atoms with E-state index in [-0.39, 0.29) is 23.1 Å². The van der Waals surface area contributed by atoms with Gasteiger partial charge >= 0.3 is 0 Å². The predicted octanol–water partition coefficient (Wildman–Crippen LogP) is 6.59. The number of piperidine rings is 1. The first kappa shape index (κ1) is 43.3. The number of nitriles is 1. The molecule has 2 saturated carbocycles. The number of anilines is 1. The summed E-state index contributed by atoms with van der Waals surface area (Å²) in [5, 5.41) is 23.8. The summed E-state index contributed by atoms with van der Waals surface area (Å²) in [5.41, 5.74) is 18.0. The summed E-state index contributed by atoms with van der Waals surface area (Å²) in [6.45, 7) is 5.74. The smallest absolute Gasteiger partial charge is 0.269 e. The van der Waals surface area contributed by atoms with Gasteiger partial charge in [-0.1, -0.05) is 36.2 Å². The van der Waals surface area contributed by atoms with Crippen molar-refractivity contribution in [3.63, 3.8) is 0 Å². The van der Waals surface area contributed by atoms with E-state index in [1.54, 1.807) is 43.1 Å². The van der Waals surface area contributed by atoms with E-state index in [0.717, 1.165) is 89.2 Å². The van der Waals surface area contributed by atoms with Crippen LogP contribution in [-0.4, -0.2) is 99.4 Å². The first-order valence-electron chi connectivity index (χ1n) is 21.5. The molecule has 1 spiro atoms. The maximum atomic E-state index is 12.1. The SMILES string of the molecule is CN=C1CCN(C(C)=O)C/C1=C(/N)c1cccc2cc(-c3cnn(CCOC4CC5(C4)CN(c4ccc(C(N)=O)nn4)C5)c3)ncc12.N#Cc1ccc(OC2CCCCC2)cc1Cl. The molecule has 63 heavy (non-hydrogen) atoms. The van der Waals surface area contributed by atoms with Gasteiger partial charge in [0.2, 0.25) is 5.91 Å². The van der Waals surface area contributed by atoms with E-state index in [1.807, 2.05) is 47.5 Å². The van der Waals surface area contributed by atoms with Crippen LogP contribution in [0.15, 0.2) is 83.8 Å². The fraction of sp³-hybridized carbons (Fsp3) is 0.404. The summed E-state index contributed by atoms with van der Waals surface area (Å²) < 4.78 is 13.9. The van der Waals surface area contributed by atoms with Gasteiger partial charge in [-0.25, -0.2) is 0 Å². The summed E-state index contributed by atoms with van der Waals surface area (Å²) in [5.74, 6) is 0.998. The highest BCUT2D eigenvalue weighted by atomic mass is 35.5. The van der Waals surface area contributed by atoms with Crippen LogP contribution in [0.25, 0.3) is 27.7 Å². The zero-order valence-electron chi connectivity index (χ0n) is 35.7. The van der Waals surface area contributed by atoms with Crippen LogP contribution in [0, 0.1) is 16.7 Å². The lowest BCUT2D eigenvalue weighted by atomic mass is 9.62. The van der Waals surface area contributed by atoms with Gasteiger partial charge in [0, 0.05) is 104 Å². The molecule has 5 aromatic rings. The van der Waals surface area contributed by atoms with Crippen molar-refractivity contribution in [1.29, 1.82) is 5.26 Å². The van der Waals surface area contributed by atoms with E-state index in [1.165, 1.54) is 19.3 Å². The van der Waals surface area contributed by atoms with Crippen molar-refractivity contribution >= 4 is 51.4 Å². The van der Waals surface area contributed by atoms with Crippen molar-refractivity contribution in [3.05, 3.63) is 101 Å². The number of hydrogen-bond donors (Lipinski definition) is 2. The number of aliphatic imine (C=N–C) groups is 1. The van der Waals surface area contributed by atoms with Crippen molar-refractivity contribution < 1.29 is 19.1 Å². The maximum absolute atomic E-state index is 12.1. The van der Waals surface area contributed by atoms with Gasteiger partial charge in [0.05, 0.1) is 47.8 Å². The molecular formula is C47H52ClN11O4. The van der Waals surface area contributed by atoms with Crippen LogP contribution < -0.4 is 21.1 Å². The minimum absolute atomic E-state index is 0.0303. The number of benzene rings is 2. The molecule has 2 saturated heterocycles. The molecule has 4 fully saturated rings. The molecule has 326 valence electrons. The number of rotatable bonds is 10. The zero-order valence-corrected chi connectivity index (χ0v) is 36.4. The molecule has 0 bridgehead atoms. The molecular weight excluding hydrogens is 818 g/mol. The van der Waals surface area contributed by atoms with Crippen molar-refractivity contribution in [2.75, 3.05) is 44.7 Å². The van der Waals surface area contributed by atoms with Crippen LogP contribution in [-0.2, 0) is 16.1 Å². The third kappa shape index (κ3) is 9.82. The first-order chi connectivity index (χ1) is 30.5. The average Bonchev–Trinajstić information content (AvgIpc) is 3.75. The molecule has 4 aliphatic rings. The molecule has 3 aromatic heterocycles. The second kappa shape index (κ2) is 18.9. The van der Waals surface area contributed by atoms with Crippen molar-refractivity contribution in [2.24, 2.45) is 21.9 Å². The minimum Gasteiger partial charge on any atom is -0.490 e. The third-order valence-electron chi connectivity index (χ3n) is 12.5. The molecule has 9 rings (SSSR count). The van der Waals surface area contributed by atoms with Gasteiger partial charge in [0.15, 0.2) is 11.5 Å². The minimum atomic E-state index is -0.574. The number of hydrogen-bond acceptors (Lipinski definition) is 12. The Kier molecular flexibility index (Phi) is 13.0. The van der Waals surface area contributed by atoms with E-state index in [9.17, 15) is 9.59 Å². The van der Waals surface area contributed by atoms with E-state index in [0.29, 0.717) is 55.0 Å². The summed E-state index contributed by atoms with van der Waals surface area (Å²) in [7, 11) is 1.77. The number of primary amides is 1. The highest BCUT2D eigenvalue weighted by Crippen LogP contribution is 2.50. The number of fused-ring (bicyclic) bond motifs is 1. The van der Waals surface area contributed by atoms with E-state index < -0.39 is 5.91 Å². The number of nitrogens with two attached hydrogens (primary N) is 2. The monoisotopic (exact) mass is 869 g/mol. The Morgan fingerprint density at radius 2 is 1.83 bits per heavy atom. The molecule has 15 nitrogen and oxygen atoms in total. The molecule has 5 heterocycles. The molecule has 2 aromatic carbocycles. The Bertz CT molecular complexity index is 2580. The maximum Gasteiger partial charge on any atom is 0.269 e. The van der Waals surface area contributed by atoms with Crippen molar-refractivity contribution in [3.8, 4) is 23.1 Å². The Labute approximate surface area is 371 Å². The Morgan fingerprint density at radius 3 is 2.52 bits per heavy atom. The molecule has 4 N–H and O–H groups in total. The number of carbonyl (C=O) groups is 2. The lowest BCUT2D eigenvalue weighted by Gasteiger charge is -2.59. The van der Waals surface area contributed by atoms with Crippen LogP contribution in [0.1, 0.15) is 79.9 Å². The summed E-state index contributed by atoms with van der Waals surface area (Å²) in [6, 6.07) is 18.8. The molecule has 0 atom stereocenters. The largest absolute Gasteiger partial charge is 0.490 e. The summed E-state index contributed by atoms with van der Waals surface area (Å²) in [4.78, 5) is 36.5. The molecule has 0 unspecified atom stereocenters. The number of amides is 2. The van der Waals surface area contributed by atoms with Gasteiger partial charge in [-0.2, -0.15) is 10.4 Å². The van der Waals surface area contributed by atoms with Gasteiger partial charge in [-0.3, -0.25) is 24.2 Å². The molecule has 2 aliphatic heterocycles. The number of pyridine rings is 1. The molecule has 0 radical (unpaired) electrons. The van der Waals surface area contributed by atoms with E-state index in [4.69, 9.17) is 42.8 Å². The lowest BCUT2D eigenvalue weighted by Crippen LogP contribution is -2.64. The molecule has 2 amide bonds. The number of likely N-dealkylation sites (tertiary alicyclic amines) is 1. The lowest BCUT2D eigenvalue weighted by molar-refractivity contribution is -0.128. The number of nitrogens with zero attached hydrogens (tertiary/aromatic N) is 9. The van der Waals surface area contributed by atoms with E-state index >= 15 is 0 Å². The van der Waals surface area contributed by atoms with Crippen LogP contribution in [0.3, 0.4) is 0 Å². The van der Waals surface area contributed by atoms with Crippen LogP contribution in [0.2, 0.25) is 5.02 Å². The summed E-state index contributed by atoms with van der Waals surface area (Å²) in [6.07, 6.45) is 15.0. The van der Waals surface area contributed by atoms with Gasteiger partial charge in [0.25, 0.3) is 5.91 Å². The second-order valence-corrected chi connectivity index (χ2v) is 17.3. The fourth-order valence-electron chi connectivity index (χ4n) is 9.04.